The molecule has 92 valence electrons. The molecule has 0 spiro atoms. The fourth-order valence-electron chi connectivity index (χ4n) is 1.29. The summed E-state index contributed by atoms with van der Waals surface area (Å²) in [5.41, 5.74) is -0.829. The maximum atomic E-state index is 12.3. The van der Waals surface area contributed by atoms with Crippen LogP contribution >= 0.6 is 15.9 Å². The zero-order valence-corrected chi connectivity index (χ0v) is 10.7. The predicted molar refractivity (Wildman–Crippen MR) is 59.4 cm³/mol. The molecule has 1 aromatic rings. The lowest BCUT2D eigenvalue weighted by Gasteiger charge is -2.17. The van der Waals surface area contributed by atoms with Crippen LogP contribution in [0.4, 0.5) is 13.2 Å². The molecule has 1 rings (SSSR count). The van der Waals surface area contributed by atoms with E-state index in [1.807, 2.05) is 13.8 Å². The van der Waals surface area contributed by atoms with Crippen LogP contribution in [0.25, 0.3) is 0 Å². The van der Waals surface area contributed by atoms with E-state index in [0.717, 1.165) is 11.4 Å². The van der Waals surface area contributed by atoms with Gasteiger partial charge in [-0.25, -0.2) is 0 Å². The van der Waals surface area contributed by atoms with Gasteiger partial charge in [-0.15, -0.1) is 0 Å². The van der Waals surface area contributed by atoms with E-state index < -0.39 is 11.9 Å². The predicted octanol–water partition coefficient (Wildman–Crippen LogP) is 3.57. The molecule has 0 N–H and O–H groups in total. The summed E-state index contributed by atoms with van der Waals surface area (Å²) in [6, 6.07) is 1.01. The molecule has 0 radical (unpaired) electrons. The number of nitrogens with zero attached hydrogens (tertiary/aromatic N) is 2. The molecule has 1 aromatic heterocycles. The topological polar surface area (TPSA) is 17.8 Å². The average Bonchev–Trinajstić information content (AvgIpc) is 2.61. The van der Waals surface area contributed by atoms with Gasteiger partial charge in [-0.05, 0) is 17.9 Å². The molecule has 0 saturated carbocycles. The first-order valence-corrected chi connectivity index (χ1v) is 6.13. The SMILES string of the molecule is CC(C)C(CBr)Cn1ccc(C(F)(F)F)n1. The molecular formula is C10H14BrF3N2. The molecular weight excluding hydrogens is 285 g/mol. The van der Waals surface area contributed by atoms with Crippen molar-refractivity contribution in [2.24, 2.45) is 11.8 Å². The van der Waals surface area contributed by atoms with Gasteiger partial charge in [0.05, 0.1) is 0 Å². The third-order valence-corrected chi connectivity index (χ3v) is 3.33. The van der Waals surface area contributed by atoms with E-state index in [0.29, 0.717) is 12.5 Å². The molecule has 1 unspecified atom stereocenters. The molecule has 16 heavy (non-hydrogen) atoms. The van der Waals surface area contributed by atoms with Crippen molar-refractivity contribution in [3.63, 3.8) is 0 Å². The van der Waals surface area contributed by atoms with Gasteiger partial charge in [0.15, 0.2) is 5.69 Å². The van der Waals surface area contributed by atoms with Crippen molar-refractivity contribution in [3.8, 4) is 0 Å². The first-order chi connectivity index (χ1) is 7.34. The molecule has 6 heteroatoms. The molecule has 0 aliphatic rings. The van der Waals surface area contributed by atoms with Gasteiger partial charge >= 0.3 is 6.18 Å². The Morgan fingerprint density at radius 1 is 1.44 bits per heavy atom. The summed E-state index contributed by atoms with van der Waals surface area (Å²) in [6.45, 7) is 4.58. The Labute approximate surface area is 101 Å². The number of aromatic nitrogens is 2. The Kier molecular flexibility index (Phi) is 4.41. The van der Waals surface area contributed by atoms with E-state index in [1.165, 1.54) is 10.9 Å². The van der Waals surface area contributed by atoms with Crippen LogP contribution < -0.4 is 0 Å². The summed E-state index contributed by atoms with van der Waals surface area (Å²) in [5.74, 6) is 0.680. The van der Waals surface area contributed by atoms with Crippen molar-refractivity contribution in [3.05, 3.63) is 18.0 Å². The molecule has 1 heterocycles. The Hall–Kier alpha value is -0.520. The van der Waals surface area contributed by atoms with E-state index in [4.69, 9.17) is 0 Å². The summed E-state index contributed by atoms with van der Waals surface area (Å²) in [4.78, 5) is 0. The van der Waals surface area contributed by atoms with E-state index in [9.17, 15) is 13.2 Å². The summed E-state index contributed by atoms with van der Waals surface area (Å²) >= 11 is 3.36. The molecule has 0 fully saturated rings. The summed E-state index contributed by atoms with van der Waals surface area (Å²) < 4.78 is 38.2. The minimum Gasteiger partial charge on any atom is -0.272 e. The summed E-state index contributed by atoms with van der Waals surface area (Å²) in [7, 11) is 0. The minimum atomic E-state index is -4.35. The third kappa shape index (κ3) is 3.50. The first kappa shape index (κ1) is 13.5. The fraction of sp³-hybridized carbons (Fsp3) is 0.700. The summed E-state index contributed by atoms with van der Waals surface area (Å²) in [6.07, 6.45) is -2.98. The highest BCUT2D eigenvalue weighted by Crippen LogP contribution is 2.27. The van der Waals surface area contributed by atoms with Gasteiger partial charge in [-0.3, -0.25) is 4.68 Å². The standard InChI is InChI=1S/C10H14BrF3N2/c1-7(2)8(5-11)6-16-4-3-9(15-16)10(12,13)14/h3-4,7-8H,5-6H2,1-2H3. The lowest BCUT2D eigenvalue weighted by molar-refractivity contribution is -0.141. The highest BCUT2D eigenvalue weighted by molar-refractivity contribution is 9.09. The molecule has 0 aliphatic carbocycles. The summed E-state index contributed by atoms with van der Waals surface area (Å²) in [5, 5.41) is 4.28. The fourth-order valence-corrected chi connectivity index (χ4v) is 2.25. The van der Waals surface area contributed by atoms with Crippen LogP contribution in [0, 0.1) is 11.8 Å². The third-order valence-electron chi connectivity index (χ3n) is 2.49. The quantitative estimate of drug-likeness (QED) is 0.777. The number of alkyl halides is 4. The largest absolute Gasteiger partial charge is 0.435 e. The van der Waals surface area contributed by atoms with Crippen molar-refractivity contribution in [1.82, 2.24) is 9.78 Å². The van der Waals surface area contributed by atoms with Crippen molar-refractivity contribution in [2.45, 2.75) is 26.6 Å². The second kappa shape index (κ2) is 5.21. The molecule has 0 aromatic carbocycles. The van der Waals surface area contributed by atoms with Gasteiger partial charge < -0.3 is 0 Å². The number of rotatable bonds is 4. The van der Waals surface area contributed by atoms with Crippen LogP contribution in [-0.2, 0) is 12.7 Å². The van der Waals surface area contributed by atoms with Crippen molar-refractivity contribution >= 4 is 15.9 Å². The number of hydrogen-bond acceptors (Lipinski definition) is 1. The maximum absolute atomic E-state index is 12.3. The highest BCUT2D eigenvalue weighted by Gasteiger charge is 2.33. The molecule has 0 amide bonds. The van der Waals surface area contributed by atoms with Crippen LogP contribution in [0.2, 0.25) is 0 Å². The van der Waals surface area contributed by atoms with Gasteiger partial charge in [-0.1, -0.05) is 29.8 Å². The van der Waals surface area contributed by atoms with E-state index in [2.05, 4.69) is 21.0 Å². The monoisotopic (exact) mass is 298 g/mol. The Morgan fingerprint density at radius 2 is 2.06 bits per heavy atom. The van der Waals surface area contributed by atoms with Crippen molar-refractivity contribution < 1.29 is 13.2 Å². The molecule has 2 nitrogen and oxygen atoms in total. The molecule has 0 bridgehead atoms. The number of halogens is 4. The van der Waals surface area contributed by atoms with Crippen molar-refractivity contribution in [1.29, 1.82) is 0 Å². The zero-order chi connectivity index (χ0) is 12.3. The van der Waals surface area contributed by atoms with Crippen LogP contribution in [-0.4, -0.2) is 15.1 Å². The van der Waals surface area contributed by atoms with Crippen LogP contribution in [0.5, 0.6) is 0 Å². The lowest BCUT2D eigenvalue weighted by atomic mass is 9.98. The van der Waals surface area contributed by atoms with E-state index in [-0.39, 0.29) is 5.92 Å². The maximum Gasteiger partial charge on any atom is 0.435 e. The van der Waals surface area contributed by atoms with Crippen LogP contribution in [0.3, 0.4) is 0 Å². The smallest absolute Gasteiger partial charge is 0.272 e. The molecule has 0 aliphatic heterocycles. The van der Waals surface area contributed by atoms with E-state index >= 15 is 0 Å². The second-order valence-electron chi connectivity index (χ2n) is 4.08. The molecule has 0 saturated heterocycles. The van der Waals surface area contributed by atoms with Gasteiger partial charge in [0, 0.05) is 18.1 Å². The normalized spacial score (nSPS) is 14.4. The van der Waals surface area contributed by atoms with Crippen LogP contribution in [0.15, 0.2) is 12.3 Å². The Morgan fingerprint density at radius 3 is 2.44 bits per heavy atom. The van der Waals surface area contributed by atoms with Gasteiger partial charge in [0.2, 0.25) is 0 Å². The van der Waals surface area contributed by atoms with Crippen LogP contribution in [0.1, 0.15) is 19.5 Å². The van der Waals surface area contributed by atoms with E-state index in [1.54, 1.807) is 0 Å². The highest BCUT2D eigenvalue weighted by atomic mass is 79.9. The van der Waals surface area contributed by atoms with Gasteiger partial charge in [-0.2, -0.15) is 18.3 Å². The van der Waals surface area contributed by atoms with Gasteiger partial charge in [0.1, 0.15) is 0 Å². The number of hydrogen-bond donors (Lipinski definition) is 0. The van der Waals surface area contributed by atoms with Crippen molar-refractivity contribution in [2.75, 3.05) is 5.33 Å². The Bertz CT molecular complexity index is 333. The minimum absolute atomic E-state index is 0.279. The molecule has 1 atom stereocenters. The zero-order valence-electron chi connectivity index (χ0n) is 9.13. The lowest BCUT2D eigenvalue weighted by Crippen LogP contribution is -2.19. The van der Waals surface area contributed by atoms with Gasteiger partial charge in [0.25, 0.3) is 0 Å². The first-order valence-electron chi connectivity index (χ1n) is 5.01. The Balaban J connectivity index is 2.72. The second-order valence-corrected chi connectivity index (χ2v) is 4.73. The average molecular weight is 299 g/mol.